The molecular formula is C28H41ClN8. The lowest BCUT2D eigenvalue weighted by Gasteiger charge is -2.09. The van der Waals surface area contributed by atoms with E-state index in [2.05, 4.69) is 65.1 Å². The standard InChI is InChI=1S/C14H20N4.C10H9ClN2.C4H12N2/c1-10-7-12-13(8-11(10)2)17-9-18-14(12)16-6-4-3-5-15;1-6-3-8-9(4-7(6)2)12-5-13-10(8)11;5-3-1-2-4-6/h7-9H,3-6,15H2,1-2H3,(H,16,17,18);3-5H,1-2H3;1-6H2. The van der Waals surface area contributed by atoms with Gasteiger partial charge in [0, 0.05) is 17.3 Å². The van der Waals surface area contributed by atoms with Crippen molar-refractivity contribution in [1.82, 2.24) is 19.9 Å². The van der Waals surface area contributed by atoms with Crippen molar-refractivity contribution in [3.05, 3.63) is 64.3 Å². The van der Waals surface area contributed by atoms with Crippen LogP contribution < -0.4 is 22.5 Å². The zero-order valence-electron chi connectivity index (χ0n) is 22.5. The number of hydrogen-bond donors (Lipinski definition) is 4. The zero-order chi connectivity index (χ0) is 27.2. The summed E-state index contributed by atoms with van der Waals surface area (Å²) in [5, 5.41) is 5.90. The smallest absolute Gasteiger partial charge is 0.140 e. The Balaban J connectivity index is 0.000000221. The predicted octanol–water partition coefficient (Wildman–Crippen LogP) is 4.98. The summed E-state index contributed by atoms with van der Waals surface area (Å²) in [5.74, 6) is 0.917. The van der Waals surface area contributed by atoms with E-state index < -0.39 is 0 Å². The van der Waals surface area contributed by atoms with E-state index in [4.69, 9.17) is 28.8 Å². The number of nitrogens with two attached hydrogens (primary N) is 3. The summed E-state index contributed by atoms with van der Waals surface area (Å²) in [6.07, 6.45) is 7.33. The molecular weight excluding hydrogens is 484 g/mol. The first-order valence-electron chi connectivity index (χ1n) is 12.8. The minimum Gasteiger partial charge on any atom is -0.369 e. The molecule has 0 spiro atoms. The monoisotopic (exact) mass is 524 g/mol. The molecule has 4 rings (SSSR count). The summed E-state index contributed by atoms with van der Waals surface area (Å²) >= 11 is 5.93. The molecule has 0 aliphatic heterocycles. The molecule has 0 bridgehead atoms. The third kappa shape index (κ3) is 9.48. The van der Waals surface area contributed by atoms with Gasteiger partial charge in [-0.3, -0.25) is 0 Å². The topological polar surface area (TPSA) is 142 Å². The van der Waals surface area contributed by atoms with E-state index in [0.29, 0.717) is 5.15 Å². The van der Waals surface area contributed by atoms with Gasteiger partial charge in [0.2, 0.25) is 0 Å². The minimum absolute atomic E-state index is 0.521. The fourth-order valence-corrected chi connectivity index (χ4v) is 3.70. The van der Waals surface area contributed by atoms with E-state index >= 15 is 0 Å². The first-order chi connectivity index (χ1) is 17.8. The zero-order valence-corrected chi connectivity index (χ0v) is 23.3. The average molecular weight is 525 g/mol. The van der Waals surface area contributed by atoms with Crippen LogP contribution in [0.15, 0.2) is 36.9 Å². The van der Waals surface area contributed by atoms with Crippen LogP contribution in [0.1, 0.15) is 47.9 Å². The summed E-state index contributed by atoms with van der Waals surface area (Å²) in [7, 11) is 0. The van der Waals surface area contributed by atoms with E-state index in [0.717, 1.165) is 79.5 Å². The van der Waals surface area contributed by atoms with Gasteiger partial charge in [-0.25, -0.2) is 19.9 Å². The molecule has 200 valence electrons. The third-order valence-corrected chi connectivity index (χ3v) is 6.34. The molecule has 4 aromatic rings. The van der Waals surface area contributed by atoms with Crippen LogP contribution in [-0.4, -0.2) is 46.1 Å². The Labute approximate surface area is 225 Å². The molecule has 2 heterocycles. The molecule has 0 fully saturated rings. The van der Waals surface area contributed by atoms with Gasteiger partial charge >= 0.3 is 0 Å². The van der Waals surface area contributed by atoms with Crippen molar-refractivity contribution in [2.75, 3.05) is 31.5 Å². The quantitative estimate of drug-likeness (QED) is 0.187. The van der Waals surface area contributed by atoms with Crippen LogP contribution in [0.4, 0.5) is 5.82 Å². The number of hydrogen-bond acceptors (Lipinski definition) is 8. The number of unbranched alkanes of at least 4 members (excludes halogenated alkanes) is 2. The second-order valence-corrected chi connectivity index (χ2v) is 9.36. The lowest BCUT2D eigenvalue weighted by atomic mass is 10.1. The van der Waals surface area contributed by atoms with Gasteiger partial charge in [0.15, 0.2) is 0 Å². The molecule has 0 saturated carbocycles. The first kappa shape index (κ1) is 30.3. The summed E-state index contributed by atoms with van der Waals surface area (Å²) in [5.41, 5.74) is 22.7. The largest absolute Gasteiger partial charge is 0.369 e. The fraction of sp³-hybridized carbons (Fsp3) is 0.429. The predicted molar refractivity (Wildman–Crippen MR) is 157 cm³/mol. The number of fused-ring (bicyclic) bond motifs is 2. The normalized spacial score (nSPS) is 10.5. The lowest BCUT2D eigenvalue weighted by Crippen LogP contribution is -2.07. The van der Waals surface area contributed by atoms with Gasteiger partial charge < -0.3 is 22.5 Å². The molecule has 0 aliphatic rings. The molecule has 0 atom stereocenters. The Kier molecular flexibility index (Phi) is 13.1. The maximum absolute atomic E-state index is 5.93. The molecule has 0 saturated heterocycles. The lowest BCUT2D eigenvalue weighted by molar-refractivity contribution is 0.755. The number of rotatable bonds is 8. The van der Waals surface area contributed by atoms with Gasteiger partial charge in [-0.2, -0.15) is 0 Å². The third-order valence-electron chi connectivity index (χ3n) is 6.03. The average Bonchev–Trinajstić information content (AvgIpc) is 2.88. The Morgan fingerprint density at radius 1 is 0.622 bits per heavy atom. The number of benzene rings is 2. The Hall–Kier alpha value is -2.91. The number of halogens is 1. The first-order valence-corrected chi connectivity index (χ1v) is 13.1. The van der Waals surface area contributed by atoms with Crippen molar-refractivity contribution >= 4 is 39.2 Å². The fourth-order valence-electron chi connectivity index (χ4n) is 3.51. The van der Waals surface area contributed by atoms with E-state index in [1.165, 1.54) is 28.6 Å². The van der Waals surface area contributed by atoms with Gasteiger partial charge in [0.05, 0.1) is 11.0 Å². The molecule has 9 heteroatoms. The van der Waals surface area contributed by atoms with Crippen molar-refractivity contribution in [2.24, 2.45) is 17.2 Å². The van der Waals surface area contributed by atoms with Crippen molar-refractivity contribution in [2.45, 2.75) is 53.4 Å². The van der Waals surface area contributed by atoms with E-state index in [1.807, 2.05) is 12.1 Å². The highest BCUT2D eigenvalue weighted by Crippen LogP contribution is 2.23. The van der Waals surface area contributed by atoms with Crippen molar-refractivity contribution < 1.29 is 0 Å². The summed E-state index contributed by atoms with van der Waals surface area (Å²) in [6.45, 7) is 11.5. The minimum atomic E-state index is 0.521. The summed E-state index contributed by atoms with van der Waals surface area (Å²) in [6, 6.07) is 8.30. The van der Waals surface area contributed by atoms with Gasteiger partial charge in [-0.05, 0) is 120 Å². The van der Waals surface area contributed by atoms with Crippen LogP contribution in [0.25, 0.3) is 21.8 Å². The highest BCUT2D eigenvalue weighted by Gasteiger charge is 2.05. The second-order valence-electron chi connectivity index (χ2n) is 9.00. The van der Waals surface area contributed by atoms with E-state index in [1.54, 1.807) is 6.33 Å². The molecule has 2 aromatic heterocycles. The van der Waals surface area contributed by atoms with Crippen LogP contribution in [0.3, 0.4) is 0 Å². The molecule has 2 aromatic carbocycles. The van der Waals surface area contributed by atoms with Gasteiger partial charge in [-0.15, -0.1) is 0 Å². The Morgan fingerprint density at radius 3 is 1.65 bits per heavy atom. The van der Waals surface area contributed by atoms with E-state index in [-0.39, 0.29) is 0 Å². The van der Waals surface area contributed by atoms with E-state index in [9.17, 15) is 0 Å². The maximum Gasteiger partial charge on any atom is 0.140 e. The highest BCUT2D eigenvalue weighted by atomic mass is 35.5. The molecule has 7 N–H and O–H groups in total. The molecule has 0 aliphatic carbocycles. The van der Waals surface area contributed by atoms with Crippen molar-refractivity contribution in [1.29, 1.82) is 0 Å². The van der Waals surface area contributed by atoms with Crippen LogP contribution in [0, 0.1) is 27.7 Å². The highest BCUT2D eigenvalue weighted by molar-refractivity contribution is 6.34. The second kappa shape index (κ2) is 16.0. The van der Waals surface area contributed by atoms with Gasteiger partial charge in [0.1, 0.15) is 23.6 Å². The van der Waals surface area contributed by atoms with Gasteiger partial charge in [-0.1, -0.05) is 11.6 Å². The van der Waals surface area contributed by atoms with Crippen LogP contribution in [0.2, 0.25) is 5.15 Å². The number of nitrogens with one attached hydrogen (secondary N) is 1. The Morgan fingerprint density at radius 2 is 1.08 bits per heavy atom. The summed E-state index contributed by atoms with van der Waals surface area (Å²) < 4.78 is 0. The SMILES string of the molecule is Cc1cc2ncnc(Cl)c2cc1C.Cc1cc2ncnc(NCCCCN)c2cc1C.NCCCCN. The van der Waals surface area contributed by atoms with Crippen LogP contribution in [-0.2, 0) is 0 Å². The number of aryl methyl sites for hydroxylation is 4. The molecule has 0 radical (unpaired) electrons. The maximum atomic E-state index is 5.93. The van der Waals surface area contributed by atoms with Gasteiger partial charge in [0.25, 0.3) is 0 Å². The van der Waals surface area contributed by atoms with Crippen LogP contribution >= 0.6 is 11.6 Å². The number of anilines is 1. The molecule has 8 nitrogen and oxygen atoms in total. The van der Waals surface area contributed by atoms with Crippen molar-refractivity contribution in [3.63, 3.8) is 0 Å². The van der Waals surface area contributed by atoms with Crippen molar-refractivity contribution in [3.8, 4) is 0 Å². The molecule has 0 unspecified atom stereocenters. The number of aromatic nitrogens is 4. The summed E-state index contributed by atoms with van der Waals surface area (Å²) in [4.78, 5) is 16.7. The molecule has 0 amide bonds. The number of nitrogens with zero attached hydrogens (tertiary/aromatic N) is 4. The van der Waals surface area contributed by atoms with Crippen LogP contribution in [0.5, 0.6) is 0 Å². The Bertz CT molecular complexity index is 1260. The molecule has 37 heavy (non-hydrogen) atoms.